The first kappa shape index (κ1) is 15.8. The lowest BCUT2D eigenvalue weighted by Gasteiger charge is -2.09. The van der Waals surface area contributed by atoms with Crippen molar-refractivity contribution < 1.29 is 0 Å². The van der Waals surface area contributed by atoms with E-state index in [9.17, 15) is 0 Å². The van der Waals surface area contributed by atoms with Gasteiger partial charge in [0.05, 0.1) is 0 Å². The third-order valence-corrected chi connectivity index (χ3v) is 4.01. The molecule has 0 fully saturated rings. The summed E-state index contributed by atoms with van der Waals surface area (Å²) >= 11 is 0. The molecule has 0 amide bonds. The first-order chi connectivity index (χ1) is 9.90. The van der Waals surface area contributed by atoms with Crippen molar-refractivity contribution in [2.45, 2.75) is 47.7 Å². The van der Waals surface area contributed by atoms with Crippen molar-refractivity contribution in [2.24, 2.45) is 5.92 Å². The quantitative estimate of drug-likeness (QED) is 0.768. The van der Waals surface area contributed by atoms with Crippen molar-refractivity contribution in [2.75, 3.05) is 6.54 Å². The van der Waals surface area contributed by atoms with E-state index >= 15 is 0 Å². The Kier molecular flexibility index (Phi) is 4.89. The molecule has 21 heavy (non-hydrogen) atoms. The fraction of sp³-hybridized carbons (Fsp3) is 0.474. The highest BCUT2D eigenvalue weighted by atomic mass is 15.0. The molecule has 0 aliphatic rings. The number of allylic oxidation sites excluding steroid dienone is 1. The lowest BCUT2D eigenvalue weighted by Crippen LogP contribution is -2.18. The summed E-state index contributed by atoms with van der Waals surface area (Å²) in [5, 5.41) is 4.89. The minimum Gasteiger partial charge on any atom is -0.341 e. The molecule has 0 unspecified atom stereocenters. The highest BCUT2D eigenvalue weighted by Crippen LogP contribution is 2.27. The standard InChI is InChI=1S/C19H28N2/c1-13(2)10-20-11-17-7-8-19-18(9-17)15(5)16(6)21(19)12-14(3)4/h7-9,13,20H,3,10-12H2,1-2,4-6H3. The van der Waals surface area contributed by atoms with E-state index in [1.807, 2.05) is 0 Å². The maximum atomic E-state index is 4.05. The zero-order valence-corrected chi connectivity index (χ0v) is 14.1. The molecule has 1 N–H and O–H groups in total. The molecule has 2 heteroatoms. The van der Waals surface area contributed by atoms with Gasteiger partial charge in [0.15, 0.2) is 0 Å². The Morgan fingerprint density at radius 3 is 2.62 bits per heavy atom. The van der Waals surface area contributed by atoms with E-state index in [4.69, 9.17) is 0 Å². The monoisotopic (exact) mass is 284 g/mol. The van der Waals surface area contributed by atoms with Crippen LogP contribution >= 0.6 is 0 Å². The van der Waals surface area contributed by atoms with Crippen LogP contribution in [0.15, 0.2) is 30.4 Å². The average Bonchev–Trinajstić information content (AvgIpc) is 2.63. The highest BCUT2D eigenvalue weighted by molar-refractivity contribution is 5.86. The third-order valence-electron chi connectivity index (χ3n) is 4.01. The van der Waals surface area contributed by atoms with Crippen molar-refractivity contribution in [3.63, 3.8) is 0 Å². The summed E-state index contributed by atoms with van der Waals surface area (Å²) in [5.74, 6) is 0.689. The van der Waals surface area contributed by atoms with Gasteiger partial charge in [-0.1, -0.05) is 32.1 Å². The van der Waals surface area contributed by atoms with Crippen LogP contribution in [0, 0.1) is 19.8 Å². The molecule has 0 atom stereocenters. The Bertz CT molecular complexity index is 647. The molecule has 0 spiro atoms. The van der Waals surface area contributed by atoms with Gasteiger partial charge in [-0.2, -0.15) is 0 Å². The summed E-state index contributed by atoms with van der Waals surface area (Å²) < 4.78 is 2.37. The first-order valence-corrected chi connectivity index (χ1v) is 7.83. The van der Waals surface area contributed by atoms with Gasteiger partial charge in [-0.15, -0.1) is 0 Å². The van der Waals surface area contributed by atoms with Gasteiger partial charge in [-0.05, 0) is 56.5 Å². The number of fused-ring (bicyclic) bond motifs is 1. The largest absolute Gasteiger partial charge is 0.341 e. The maximum absolute atomic E-state index is 4.05. The predicted molar refractivity (Wildman–Crippen MR) is 92.8 cm³/mol. The average molecular weight is 284 g/mol. The van der Waals surface area contributed by atoms with Crippen molar-refractivity contribution >= 4 is 10.9 Å². The molecular formula is C19H28N2. The van der Waals surface area contributed by atoms with Crippen LogP contribution in [0.2, 0.25) is 0 Å². The van der Waals surface area contributed by atoms with Gasteiger partial charge in [-0.3, -0.25) is 0 Å². The fourth-order valence-corrected chi connectivity index (χ4v) is 2.79. The lowest BCUT2D eigenvalue weighted by atomic mass is 10.1. The zero-order chi connectivity index (χ0) is 15.6. The van der Waals surface area contributed by atoms with Crippen molar-refractivity contribution in [3.8, 4) is 0 Å². The minimum atomic E-state index is 0.689. The summed E-state index contributed by atoms with van der Waals surface area (Å²) in [6.45, 7) is 17.9. The first-order valence-electron chi connectivity index (χ1n) is 7.83. The second-order valence-electron chi connectivity index (χ2n) is 6.63. The number of rotatable bonds is 6. The number of aryl methyl sites for hydroxylation is 1. The summed E-state index contributed by atoms with van der Waals surface area (Å²) in [7, 11) is 0. The molecule has 0 bridgehead atoms. The van der Waals surface area contributed by atoms with Gasteiger partial charge in [-0.25, -0.2) is 0 Å². The van der Waals surface area contributed by atoms with Crippen LogP contribution in [-0.4, -0.2) is 11.1 Å². The van der Waals surface area contributed by atoms with Gasteiger partial charge in [0.25, 0.3) is 0 Å². The number of aromatic nitrogens is 1. The van der Waals surface area contributed by atoms with E-state index in [-0.39, 0.29) is 0 Å². The van der Waals surface area contributed by atoms with Crippen LogP contribution < -0.4 is 5.32 Å². The Balaban J connectivity index is 2.31. The molecule has 1 aromatic heterocycles. The van der Waals surface area contributed by atoms with Crippen LogP contribution in [0.5, 0.6) is 0 Å². The summed E-state index contributed by atoms with van der Waals surface area (Å²) in [5.41, 5.74) is 6.61. The summed E-state index contributed by atoms with van der Waals surface area (Å²) in [6, 6.07) is 6.83. The van der Waals surface area contributed by atoms with Gasteiger partial charge >= 0.3 is 0 Å². The second kappa shape index (κ2) is 6.48. The minimum absolute atomic E-state index is 0.689. The zero-order valence-electron chi connectivity index (χ0n) is 14.1. The normalized spacial score (nSPS) is 11.5. The lowest BCUT2D eigenvalue weighted by molar-refractivity contribution is 0.552. The van der Waals surface area contributed by atoms with E-state index in [1.165, 1.54) is 33.3 Å². The molecule has 1 aromatic carbocycles. The Morgan fingerprint density at radius 1 is 1.29 bits per heavy atom. The van der Waals surface area contributed by atoms with Gasteiger partial charge in [0, 0.05) is 29.7 Å². The molecule has 0 aliphatic carbocycles. The van der Waals surface area contributed by atoms with Crippen molar-refractivity contribution in [3.05, 3.63) is 47.2 Å². The SMILES string of the molecule is C=C(C)Cn1c(C)c(C)c2cc(CNCC(C)C)ccc21. The van der Waals surface area contributed by atoms with Crippen LogP contribution in [0.4, 0.5) is 0 Å². The van der Waals surface area contributed by atoms with E-state index in [1.54, 1.807) is 0 Å². The molecule has 0 aliphatic heterocycles. The van der Waals surface area contributed by atoms with Crippen LogP contribution in [0.25, 0.3) is 10.9 Å². The van der Waals surface area contributed by atoms with E-state index in [0.29, 0.717) is 5.92 Å². The summed E-state index contributed by atoms with van der Waals surface area (Å²) in [4.78, 5) is 0. The molecule has 2 rings (SSSR count). The van der Waals surface area contributed by atoms with Gasteiger partial charge in [0.2, 0.25) is 0 Å². The Hall–Kier alpha value is -1.54. The van der Waals surface area contributed by atoms with Gasteiger partial charge < -0.3 is 9.88 Å². The highest BCUT2D eigenvalue weighted by Gasteiger charge is 2.11. The van der Waals surface area contributed by atoms with E-state index in [0.717, 1.165) is 19.6 Å². The number of hydrogen-bond acceptors (Lipinski definition) is 1. The number of hydrogen-bond donors (Lipinski definition) is 1. The Labute approximate surface area is 128 Å². The molecule has 114 valence electrons. The van der Waals surface area contributed by atoms with Crippen molar-refractivity contribution in [1.29, 1.82) is 0 Å². The number of benzene rings is 1. The number of nitrogens with zero attached hydrogens (tertiary/aromatic N) is 1. The Morgan fingerprint density at radius 2 is 2.00 bits per heavy atom. The summed E-state index contributed by atoms with van der Waals surface area (Å²) in [6.07, 6.45) is 0. The second-order valence-corrected chi connectivity index (χ2v) is 6.63. The third kappa shape index (κ3) is 3.56. The van der Waals surface area contributed by atoms with Crippen LogP contribution in [0.3, 0.4) is 0 Å². The molecule has 2 aromatic rings. The fourth-order valence-electron chi connectivity index (χ4n) is 2.79. The topological polar surface area (TPSA) is 17.0 Å². The van der Waals surface area contributed by atoms with Crippen molar-refractivity contribution in [1.82, 2.24) is 9.88 Å². The van der Waals surface area contributed by atoms with Crippen LogP contribution in [-0.2, 0) is 13.1 Å². The van der Waals surface area contributed by atoms with Gasteiger partial charge in [0.1, 0.15) is 0 Å². The predicted octanol–water partition coefficient (Wildman–Crippen LogP) is 4.58. The molecular weight excluding hydrogens is 256 g/mol. The molecule has 1 heterocycles. The molecule has 0 radical (unpaired) electrons. The van der Waals surface area contributed by atoms with Crippen LogP contribution in [0.1, 0.15) is 37.6 Å². The molecule has 0 saturated carbocycles. The maximum Gasteiger partial charge on any atom is 0.0488 e. The smallest absolute Gasteiger partial charge is 0.0488 e. The van der Waals surface area contributed by atoms with E-state index in [2.05, 4.69) is 69.3 Å². The molecule has 0 saturated heterocycles. The molecule has 2 nitrogen and oxygen atoms in total. The number of nitrogens with one attached hydrogen (secondary N) is 1. The van der Waals surface area contributed by atoms with E-state index < -0.39 is 0 Å².